The highest BCUT2D eigenvalue weighted by atomic mass is 35.5. The van der Waals surface area contributed by atoms with Crippen molar-refractivity contribution in [3.8, 4) is 11.3 Å². The van der Waals surface area contributed by atoms with Gasteiger partial charge in [0, 0.05) is 17.2 Å². The van der Waals surface area contributed by atoms with Gasteiger partial charge in [0.05, 0.1) is 21.8 Å². The van der Waals surface area contributed by atoms with Crippen LogP contribution in [-0.2, 0) is 6.42 Å². The lowest BCUT2D eigenvalue weighted by Crippen LogP contribution is -2.19. The normalized spacial score (nSPS) is 12.4. The van der Waals surface area contributed by atoms with Crippen molar-refractivity contribution in [2.24, 2.45) is 11.0 Å². The summed E-state index contributed by atoms with van der Waals surface area (Å²) in [5, 5.41) is 5.37. The monoisotopic (exact) mass is 407 g/mol. The van der Waals surface area contributed by atoms with E-state index >= 15 is 0 Å². The highest BCUT2D eigenvalue weighted by molar-refractivity contribution is 6.35. The fraction of sp³-hybridized carbons (Fsp3) is 0.292. The first-order valence-electron chi connectivity index (χ1n) is 10.1. The Balaban J connectivity index is 2.00. The minimum absolute atomic E-state index is 0.272. The highest BCUT2D eigenvalue weighted by Crippen LogP contribution is 2.29. The summed E-state index contributed by atoms with van der Waals surface area (Å²) in [6.45, 7) is 6.33. The van der Waals surface area contributed by atoms with Crippen molar-refractivity contribution in [3.63, 3.8) is 0 Å². The molecular weight excluding hydrogens is 382 g/mol. The van der Waals surface area contributed by atoms with Gasteiger partial charge in [0.2, 0.25) is 0 Å². The Hall–Kier alpha value is -2.72. The summed E-state index contributed by atoms with van der Waals surface area (Å²) in [6, 6.07) is 15.5. The number of fused-ring (bicyclic) bond motifs is 1. The average Bonchev–Trinajstić information content (AvgIpc) is 2.73. The van der Waals surface area contributed by atoms with Crippen LogP contribution in [0.4, 0.5) is 0 Å². The summed E-state index contributed by atoms with van der Waals surface area (Å²) in [6.07, 6.45) is 4.86. The maximum atomic E-state index is 12.9. The van der Waals surface area contributed by atoms with Gasteiger partial charge < -0.3 is 0 Å². The summed E-state index contributed by atoms with van der Waals surface area (Å²) in [7, 11) is 0. The molecule has 2 aromatic carbocycles. The Bertz CT molecular complexity index is 1030. The predicted molar refractivity (Wildman–Crippen MR) is 122 cm³/mol. The maximum Gasteiger partial charge on any atom is 0.272 e. The molecule has 1 N–H and O–H groups in total. The molecule has 150 valence electrons. The molecule has 4 nitrogen and oxygen atoms in total. The fourth-order valence-corrected chi connectivity index (χ4v) is 3.49. The van der Waals surface area contributed by atoms with E-state index in [9.17, 15) is 4.79 Å². The van der Waals surface area contributed by atoms with E-state index in [0.29, 0.717) is 33.1 Å². The number of nitrogens with zero attached hydrogens (tertiary/aromatic N) is 2. The Morgan fingerprint density at radius 1 is 1.21 bits per heavy atom. The quantitative estimate of drug-likeness (QED) is 0.370. The third kappa shape index (κ3) is 5.01. The molecule has 0 fully saturated rings. The van der Waals surface area contributed by atoms with Gasteiger partial charge in [-0.2, -0.15) is 5.10 Å². The molecule has 1 amide bonds. The number of rotatable bonds is 7. The van der Waals surface area contributed by atoms with Crippen LogP contribution in [0, 0.1) is 5.92 Å². The average molecular weight is 408 g/mol. The van der Waals surface area contributed by atoms with Gasteiger partial charge in [0.15, 0.2) is 0 Å². The molecule has 0 unspecified atom stereocenters. The van der Waals surface area contributed by atoms with E-state index < -0.39 is 0 Å². The van der Waals surface area contributed by atoms with Crippen LogP contribution in [-0.4, -0.2) is 17.1 Å². The lowest BCUT2D eigenvalue weighted by Gasteiger charge is -2.11. The molecule has 0 radical (unpaired) electrons. The van der Waals surface area contributed by atoms with Crippen molar-refractivity contribution in [3.05, 3.63) is 64.7 Å². The molecule has 0 saturated heterocycles. The Morgan fingerprint density at radius 2 is 1.97 bits per heavy atom. The predicted octanol–water partition coefficient (Wildman–Crippen LogP) is 6.27. The smallest absolute Gasteiger partial charge is 0.267 e. The lowest BCUT2D eigenvalue weighted by molar-refractivity contribution is 0.0956. The molecule has 1 heterocycles. The number of carbonyl (C=O) groups excluding carboxylic acids is 1. The van der Waals surface area contributed by atoms with E-state index in [2.05, 4.69) is 43.4 Å². The number of hydrazone groups is 1. The van der Waals surface area contributed by atoms with E-state index in [4.69, 9.17) is 16.6 Å². The molecule has 0 aliphatic heterocycles. The number of para-hydroxylation sites is 1. The van der Waals surface area contributed by atoms with E-state index in [1.165, 1.54) is 5.56 Å². The van der Waals surface area contributed by atoms with Crippen LogP contribution in [0.25, 0.3) is 22.2 Å². The van der Waals surface area contributed by atoms with Gasteiger partial charge in [-0.3, -0.25) is 4.79 Å². The topological polar surface area (TPSA) is 54.4 Å². The molecule has 29 heavy (non-hydrogen) atoms. The summed E-state index contributed by atoms with van der Waals surface area (Å²) in [5.74, 6) is 0.0441. The van der Waals surface area contributed by atoms with Gasteiger partial charge >= 0.3 is 0 Å². The van der Waals surface area contributed by atoms with Gasteiger partial charge in [-0.25, -0.2) is 10.4 Å². The second kappa shape index (κ2) is 9.66. The molecule has 5 heteroatoms. The van der Waals surface area contributed by atoms with Gasteiger partial charge in [-0.1, -0.05) is 75.2 Å². The molecule has 3 rings (SSSR count). The third-order valence-corrected chi connectivity index (χ3v) is 5.24. The number of halogens is 1. The number of hydrogen-bond acceptors (Lipinski definition) is 3. The van der Waals surface area contributed by atoms with Crippen molar-refractivity contribution in [1.29, 1.82) is 0 Å². The number of benzene rings is 2. The number of aryl methyl sites for hydroxylation is 1. The first-order chi connectivity index (χ1) is 14.0. The van der Waals surface area contributed by atoms with E-state index in [1.54, 1.807) is 18.3 Å². The second-order valence-electron chi connectivity index (χ2n) is 7.23. The zero-order valence-corrected chi connectivity index (χ0v) is 17.8. The lowest BCUT2D eigenvalue weighted by atomic mass is 10.0. The Kier molecular flexibility index (Phi) is 6.99. The molecule has 3 aromatic rings. The summed E-state index contributed by atoms with van der Waals surface area (Å²) in [4.78, 5) is 17.6. The Morgan fingerprint density at radius 3 is 2.66 bits per heavy atom. The molecule has 1 atom stereocenters. The molecular formula is C24H26ClN3O. The van der Waals surface area contributed by atoms with Crippen LogP contribution in [0.3, 0.4) is 0 Å². The van der Waals surface area contributed by atoms with Crippen molar-refractivity contribution in [2.75, 3.05) is 0 Å². The van der Waals surface area contributed by atoms with Gasteiger partial charge in [0.25, 0.3) is 5.91 Å². The van der Waals surface area contributed by atoms with Gasteiger partial charge in [0.1, 0.15) is 0 Å². The molecule has 1 aromatic heterocycles. The zero-order chi connectivity index (χ0) is 20.8. The number of hydrogen-bond donors (Lipinski definition) is 1. The fourth-order valence-electron chi connectivity index (χ4n) is 3.27. The molecule has 0 saturated carbocycles. The van der Waals surface area contributed by atoms with Crippen LogP contribution in [0.2, 0.25) is 5.02 Å². The Labute approximate surface area is 177 Å². The van der Waals surface area contributed by atoms with Crippen LogP contribution in [0.5, 0.6) is 0 Å². The van der Waals surface area contributed by atoms with Crippen molar-refractivity contribution >= 4 is 34.6 Å². The SMILES string of the molecule is CCC[C@@H](C)/C=N/NC(=O)c1cc(-c2ccc(CC)cc2)nc2c(Cl)cccc12. The van der Waals surface area contributed by atoms with E-state index in [-0.39, 0.29) is 5.91 Å². The summed E-state index contributed by atoms with van der Waals surface area (Å²) in [5.41, 5.74) is 6.68. The third-order valence-electron chi connectivity index (χ3n) is 4.93. The minimum atomic E-state index is -0.272. The van der Waals surface area contributed by atoms with Crippen LogP contribution >= 0.6 is 11.6 Å². The molecule has 0 aliphatic rings. The van der Waals surface area contributed by atoms with Crippen LogP contribution < -0.4 is 5.43 Å². The maximum absolute atomic E-state index is 12.9. The zero-order valence-electron chi connectivity index (χ0n) is 17.1. The summed E-state index contributed by atoms with van der Waals surface area (Å²) < 4.78 is 0. The van der Waals surface area contributed by atoms with Crippen LogP contribution in [0.1, 0.15) is 49.5 Å². The first-order valence-corrected chi connectivity index (χ1v) is 10.4. The number of pyridine rings is 1. The molecule has 0 spiro atoms. The van der Waals surface area contributed by atoms with Gasteiger partial charge in [-0.15, -0.1) is 0 Å². The van der Waals surface area contributed by atoms with Crippen LogP contribution in [0.15, 0.2) is 53.6 Å². The number of amides is 1. The van der Waals surface area contributed by atoms with E-state index in [0.717, 1.165) is 24.8 Å². The highest BCUT2D eigenvalue weighted by Gasteiger charge is 2.15. The van der Waals surface area contributed by atoms with Crippen molar-refractivity contribution in [1.82, 2.24) is 10.4 Å². The first kappa shape index (κ1) is 21.0. The van der Waals surface area contributed by atoms with Crippen molar-refractivity contribution in [2.45, 2.75) is 40.0 Å². The second-order valence-corrected chi connectivity index (χ2v) is 7.63. The number of aromatic nitrogens is 1. The van der Waals surface area contributed by atoms with E-state index in [1.807, 2.05) is 24.3 Å². The molecule has 0 bridgehead atoms. The standard InChI is InChI=1S/C24H26ClN3O/c1-4-7-16(3)15-26-28-24(29)20-14-22(18-12-10-17(5-2)11-13-18)27-23-19(20)8-6-9-21(23)25/h6,8-16H,4-5,7H2,1-3H3,(H,28,29)/b26-15+/t16-/m1/s1. The summed E-state index contributed by atoms with van der Waals surface area (Å²) >= 11 is 6.40. The van der Waals surface area contributed by atoms with Gasteiger partial charge in [-0.05, 0) is 36.5 Å². The molecule has 0 aliphatic carbocycles. The number of carbonyl (C=O) groups is 1. The largest absolute Gasteiger partial charge is 0.272 e. The number of nitrogens with one attached hydrogen (secondary N) is 1. The minimum Gasteiger partial charge on any atom is -0.267 e. The van der Waals surface area contributed by atoms with Crippen molar-refractivity contribution < 1.29 is 4.79 Å².